The molecule has 6 nitrogen and oxygen atoms in total. The van der Waals surface area contributed by atoms with Gasteiger partial charge in [0.1, 0.15) is 6.10 Å². The summed E-state index contributed by atoms with van der Waals surface area (Å²) in [7, 11) is 3.24. The Morgan fingerprint density at radius 1 is 1.22 bits per heavy atom. The molecular weight excluding hydrogens is 296 g/mol. The fourth-order valence-electron chi connectivity index (χ4n) is 2.74. The number of nitrogens with zero attached hydrogens (tertiary/aromatic N) is 1. The number of rotatable bonds is 7. The summed E-state index contributed by atoms with van der Waals surface area (Å²) in [5.41, 5.74) is 0. The Bertz CT molecular complexity index is 491. The van der Waals surface area contributed by atoms with Gasteiger partial charge in [-0.2, -0.15) is 0 Å². The number of nitrogens with one attached hydrogen (secondary N) is 1. The number of amides is 1. The topological polar surface area (TPSA) is 60.0 Å². The maximum atomic E-state index is 11.6. The summed E-state index contributed by atoms with van der Waals surface area (Å²) in [6.45, 7) is 4.75. The molecule has 0 radical (unpaired) electrons. The number of hydrogen-bond donors (Lipinski definition) is 1. The first-order chi connectivity index (χ1) is 11.2. The van der Waals surface area contributed by atoms with Gasteiger partial charge in [-0.25, -0.2) is 0 Å². The molecular formula is C17H26N2O4. The highest BCUT2D eigenvalue weighted by Crippen LogP contribution is 2.38. The van der Waals surface area contributed by atoms with E-state index in [9.17, 15) is 4.79 Å². The molecule has 1 aromatic carbocycles. The van der Waals surface area contributed by atoms with E-state index in [0.29, 0.717) is 30.3 Å². The molecule has 6 heteroatoms. The van der Waals surface area contributed by atoms with Gasteiger partial charge in [-0.05, 0) is 31.9 Å². The standard InChI is InChI=1S/C17H26N2O4/c1-4-18-16(20)12-19-10-8-13(9-11-19)23-17-14(21-2)6-5-7-15(17)22-3/h5-7,13H,4,8-12H2,1-3H3,(H,18,20). The van der Waals surface area contributed by atoms with Crippen LogP contribution in [0.1, 0.15) is 19.8 Å². The van der Waals surface area contributed by atoms with Gasteiger partial charge in [0.05, 0.1) is 20.8 Å². The van der Waals surface area contributed by atoms with E-state index in [0.717, 1.165) is 25.9 Å². The zero-order chi connectivity index (χ0) is 16.7. The predicted octanol–water partition coefficient (Wildman–Crippen LogP) is 1.68. The minimum atomic E-state index is 0.0817. The third-order valence-electron chi connectivity index (χ3n) is 3.94. The van der Waals surface area contributed by atoms with Crippen LogP contribution < -0.4 is 19.5 Å². The first-order valence-electron chi connectivity index (χ1n) is 8.04. The number of ether oxygens (including phenoxy) is 3. The number of likely N-dealkylation sites (tertiary alicyclic amines) is 1. The van der Waals surface area contributed by atoms with Crippen LogP contribution in [0.5, 0.6) is 17.2 Å². The zero-order valence-corrected chi connectivity index (χ0v) is 14.1. The van der Waals surface area contributed by atoms with E-state index in [1.165, 1.54) is 0 Å². The highest BCUT2D eigenvalue weighted by molar-refractivity contribution is 5.77. The van der Waals surface area contributed by atoms with E-state index in [2.05, 4.69) is 10.2 Å². The Hall–Kier alpha value is -1.95. The summed E-state index contributed by atoms with van der Waals surface area (Å²) in [5.74, 6) is 2.08. The third-order valence-corrected chi connectivity index (χ3v) is 3.94. The van der Waals surface area contributed by atoms with Crippen LogP contribution in [0.2, 0.25) is 0 Å². The lowest BCUT2D eigenvalue weighted by atomic mass is 10.1. The molecule has 1 aromatic rings. The van der Waals surface area contributed by atoms with Crippen molar-refractivity contribution in [3.05, 3.63) is 18.2 Å². The quantitative estimate of drug-likeness (QED) is 0.828. The van der Waals surface area contributed by atoms with Crippen molar-refractivity contribution in [2.45, 2.75) is 25.9 Å². The SMILES string of the molecule is CCNC(=O)CN1CCC(Oc2c(OC)cccc2OC)CC1. The lowest BCUT2D eigenvalue weighted by Crippen LogP contribution is -2.43. The van der Waals surface area contributed by atoms with Crippen LogP contribution in [-0.2, 0) is 4.79 Å². The van der Waals surface area contributed by atoms with E-state index >= 15 is 0 Å². The zero-order valence-electron chi connectivity index (χ0n) is 14.1. The van der Waals surface area contributed by atoms with Gasteiger partial charge in [0.25, 0.3) is 0 Å². The van der Waals surface area contributed by atoms with E-state index in [-0.39, 0.29) is 12.0 Å². The largest absolute Gasteiger partial charge is 0.493 e. The fraction of sp³-hybridized carbons (Fsp3) is 0.588. The second-order valence-electron chi connectivity index (χ2n) is 5.54. The van der Waals surface area contributed by atoms with Gasteiger partial charge in [0, 0.05) is 19.6 Å². The van der Waals surface area contributed by atoms with Crippen LogP contribution in [0.3, 0.4) is 0 Å². The van der Waals surface area contributed by atoms with Crippen molar-refractivity contribution in [2.75, 3.05) is 40.4 Å². The van der Waals surface area contributed by atoms with Gasteiger partial charge in [-0.3, -0.25) is 9.69 Å². The molecule has 0 spiro atoms. The highest BCUT2D eigenvalue weighted by atomic mass is 16.5. The van der Waals surface area contributed by atoms with E-state index in [1.807, 2.05) is 25.1 Å². The van der Waals surface area contributed by atoms with Crippen molar-refractivity contribution in [3.8, 4) is 17.2 Å². The number of carbonyl (C=O) groups is 1. The lowest BCUT2D eigenvalue weighted by molar-refractivity contribution is -0.122. The van der Waals surface area contributed by atoms with Gasteiger partial charge < -0.3 is 19.5 Å². The Morgan fingerprint density at radius 3 is 2.35 bits per heavy atom. The van der Waals surface area contributed by atoms with Crippen molar-refractivity contribution < 1.29 is 19.0 Å². The molecule has 1 aliphatic heterocycles. The summed E-state index contributed by atoms with van der Waals surface area (Å²) >= 11 is 0. The molecule has 0 unspecified atom stereocenters. The van der Waals surface area contributed by atoms with Gasteiger partial charge >= 0.3 is 0 Å². The van der Waals surface area contributed by atoms with Crippen molar-refractivity contribution in [1.82, 2.24) is 10.2 Å². The van der Waals surface area contributed by atoms with Crippen molar-refractivity contribution in [1.29, 1.82) is 0 Å². The molecule has 1 heterocycles. The molecule has 128 valence electrons. The van der Waals surface area contributed by atoms with Crippen molar-refractivity contribution in [3.63, 3.8) is 0 Å². The molecule has 0 aliphatic carbocycles. The predicted molar refractivity (Wildman–Crippen MR) is 88.3 cm³/mol. The molecule has 1 aliphatic rings. The first-order valence-corrected chi connectivity index (χ1v) is 8.04. The maximum Gasteiger partial charge on any atom is 0.234 e. The minimum absolute atomic E-state index is 0.0817. The van der Waals surface area contributed by atoms with E-state index < -0.39 is 0 Å². The van der Waals surface area contributed by atoms with E-state index in [4.69, 9.17) is 14.2 Å². The van der Waals surface area contributed by atoms with Gasteiger partial charge in [-0.15, -0.1) is 0 Å². The normalized spacial score (nSPS) is 16.0. The van der Waals surface area contributed by atoms with Gasteiger partial charge in [0.2, 0.25) is 11.7 Å². The fourth-order valence-corrected chi connectivity index (χ4v) is 2.74. The number of piperidine rings is 1. The summed E-state index contributed by atoms with van der Waals surface area (Å²) in [6.07, 6.45) is 1.85. The molecule has 0 bridgehead atoms. The number of carbonyl (C=O) groups excluding carboxylic acids is 1. The van der Waals surface area contributed by atoms with Crippen LogP contribution >= 0.6 is 0 Å². The van der Waals surface area contributed by atoms with Gasteiger partial charge in [-0.1, -0.05) is 6.07 Å². The molecule has 2 rings (SSSR count). The molecule has 23 heavy (non-hydrogen) atoms. The number of likely N-dealkylation sites (N-methyl/N-ethyl adjacent to an activating group) is 1. The average Bonchev–Trinajstić information content (AvgIpc) is 2.57. The third kappa shape index (κ3) is 4.76. The van der Waals surface area contributed by atoms with E-state index in [1.54, 1.807) is 14.2 Å². The smallest absolute Gasteiger partial charge is 0.234 e. The number of para-hydroxylation sites is 1. The number of benzene rings is 1. The lowest BCUT2D eigenvalue weighted by Gasteiger charge is -2.32. The molecule has 0 saturated carbocycles. The van der Waals surface area contributed by atoms with Crippen LogP contribution in [0.4, 0.5) is 0 Å². The second kappa shape index (κ2) is 8.62. The molecule has 0 atom stereocenters. The van der Waals surface area contributed by atoms with Crippen molar-refractivity contribution >= 4 is 5.91 Å². The molecule has 1 saturated heterocycles. The summed E-state index contributed by atoms with van der Waals surface area (Å²) in [5, 5.41) is 2.83. The summed E-state index contributed by atoms with van der Waals surface area (Å²) < 4.78 is 16.8. The van der Waals surface area contributed by atoms with Crippen LogP contribution in [0.15, 0.2) is 18.2 Å². The number of hydrogen-bond acceptors (Lipinski definition) is 5. The number of methoxy groups -OCH3 is 2. The monoisotopic (exact) mass is 322 g/mol. The molecule has 1 amide bonds. The summed E-state index contributed by atoms with van der Waals surface area (Å²) in [6, 6.07) is 5.60. The molecule has 0 aromatic heterocycles. The van der Waals surface area contributed by atoms with Crippen molar-refractivity contribution in [2.24, 2.45) is 0 Å². The Kier molecular flexibility index (Phi) is 6.52. The minimum Gasteiger partial charge on any atom is -0.493 e. The van der Waals surface area contributed by atoms with Crippen LogP contribution in [0.25, 0.3) is 0 Å². The van der Waals surface area contributed by atoms with Crippen LogP contribution in [-0.4, -0.2) is 57.3 Å². The highest BCUT2D eigenvalue weighted by Gasteiger charge is 2.24. The first kappa shape index (κ1) is 17.4. The Morgan fingerprint density at radius 2 is 1.83 bits per heavy atom. The van der Waals surface area contributed by atoms with Crippen LogP contribution in [0, 0.1) is 0 Å². The summed E-state index contributed by atoms with van der Waals surface area (Å²) in [4.78, 5) is 13.8. The Balaban J connectivity index is 1.91. The maximum absolute atomic E-state index is 11.6. The Labute approximate surface area is 137 Å². The second-order valence-corrected chi connectivity index (χ2v) is 5.54. The molecule has 1 N–H and O–H groups in total. The average molecular weight is 322 g/mol. The molecule has 1 fully saturated rings. The van der Waals surface area contributed by atoms with Gasteiger partial charge in [0.15, 0.2) is 11.5 Å².